The van der Waals surface area contributed by atoms with Crippen LogP contribution in [0.15, 0.2) is 36.4 Å². The van der Waals surface area contributed by atoms with Gasteiger partial charge in [-0.3, -0.25) is 0 Å². The van der Waals surface area contributed by atoms with Crippen molar-refractivity contribution in [3.8, 4) is 11.6 Å². The van der Waals surface area contributed by atoms with Crippen LogP contribution in [-0.4, -0.2) is 57.5 Å². The Bertz CT molecular complexity index is 834. The van der Waals surface area contributed by atoms with Crippen LogP contribution in [-0.2, 0) is 11.2 Å². The highest BCUT2D eigenvalue weighted by atomic mass is 16.5. The molecule has 0 amide bonds. The summed E-state index contributed by atoms with van der Waals surface area (Å²) in [5, 5.41) is 1.04. The molecule has 1 unspecified atom stereocenters. The number of ether oxygens (including phenoxy) is 3. The lowest BCUT2D eigenvalue weighted by Crippen LogP contribution is -2.20. The normalized spacial score (nSPS) is 19.2. The van der Waals surface area contributed by atoms with Crippen molar-refractivity contribution >= 4 is 10.9 Å². The molecular weight excluding hydrogens is 376 g/mol. The second-order valence-electron chi connectivity index (χ2n) is 8.32. The van der Waals surface area contributed by atoms with Gasteiger partial charge in [-0.2, -0.15) is 0 Å². The van der Waals surface area contributed by atoms with Crippen LogP contribution in [0, 0.1) is 5.92 Å². The molecule has 1 fully saturated rings. The van der Waals surface area contributed by atoms with Gasteiger partial charge in [0.25, 0.3) is 0 Å². The van der Waals surface area contributed by atoms with Crippen LogP contribution in [0.1, 0.15) is 37.7 Å². The van der Waals surface area contributed by atoms with Crippen LogP contribution in [0.4, 0.5) is 0 Å². The summed E-state index contributed by atoms with van der Waals surface area (Å²) in [6, 6.07) is 8.10. The van der Waals surface area contributed by atoms with Gasteiger partial charge in [-0.05, 0) is 64.3 Å². The van der Waals surface area contributed by atoms with Gasteiger partial charge in [0.15, 0.2) is 0 Å². The van der Waals surface area contributed by atoms with Crippen LogP contribution in [0.5, 0.6) is 11.6 Å². The van der Waals surface area contributed by atoms with Crippen LogP contribution in [0.2, 0.25) is 0 Å². The minimum absolute atomic E-state index is 0.444. The number of allylic oxidation sites excluding steroid dienone is 2. The van der Waals surface area contributed by atoms with Crippen molar-refractivity contribution in [1.29, 1.82) is 0 Å². The zero-order valence-corrected chi connectivity index (χ0v) is 18.9. The quantitative estimate of drug-likeness (QED) is 0.492. The summed E-state index contributed by atoms with van der Waals surface area (Å²) in [7, 11) is 7.63. The molecule has 1 aromatic carbocycles. The maximum absolute atomic E-state index is 6.26. The molecule has 0 saturated heterocycles. The van der Waals surface area contributed by atoms with Crippen molar-refractivity contribution < 1.29 is 14.2 Å². The molecule has 1 saturated carbocycles. The summed E-state index contributed by atoms with van der Waals surface area (Å²) >= 11 is 0. The Morgan fingerprint density at radius 2 is 1.97 bits per heavy atom. The number of para-hydroxylation sites is 1. The van der Waals surface area contributed by atoms with Gasteiger partial charge in [0.2, 0.25) is 5.88 Å². The molecule has 0 spiro atoms. The maximum Gasteiger partial charge on any atom is 0.220 e. The Balaban J connectivity index is 1.73. The smallest absolute Gasteiger partial charge is 0.220 e. The molecular formula is C25H36N2O3. The summed E-state index contributed by atoms with van der Waals surface area (Å²) in [5.41, 5.74) is 1.91. The van der Waals surface area contributed by atoms with E-state index in [4.69, 9.17) is 19.2 Å². The predicted octanol–water partition coefficient (Wildman–Crippen LogP) is 4.88. The molecule has 2 aromatic rings. The van der Waals surface area contributed by atoms with Gasteiger partial charge < -0.3 is 19.1 Å². The standard InChI is InChI=1S/C25H36N2O3/c1-27(2)17-18-30-24-20-13-8-9-15-22(20)26-25(29-4)21(24)14-7-5-6-11-19-12-10-16-23(19)28-3/h5,7-9,13,15,19,23H,6,10-12,14,16-18H2,1-4H3/b7-5+/t19?,23-/m1/s1. The molecule has 0 bridgehead atoms. The predicted molar refractivity (Wildman–Crippen MR) is 123 cm³/mol. The molecule has 1 aliphatic carbocycles. The molecule has 1 aromatic heterocycles. The van der Waals surface area contributed by atoms with Gasteiger partial charge in [-0.1, -0.05) is 30.7 Å². The first-order valence-electron chi connectivity index (χ1n) is 11.0. The number of aromatic nitrogens is 1. The van der Waals surface area contributed by atoms with E-state index >= 15 is 0 Å². The number of fused-ring (bicyclic) bond motifs is 1. The highest BCUT2D eigenvalue weighted by Crippen LogP contribution is 2.35. The SMILES string of the molecule is COc1nc2ccccc2c(OCCN(C)C)c1C/C=C/CCC1CCC[C@H]1OC. The third-order valence-corrected chi connectivity index (χ3v) is 5.97. The fourth-order valence-corrected chi connectivity index (χ4v) is 4.32. The number of nitrogens with zero attached hydrogens (tertiary/aromatic N) is 2. The summed E-state index contributed by atoms with van der Waals surface area (Å²) in [6.07, 6.45) is 11.8. The summed E-state index contributed by atoms with van der Waals surface area (Å²) < 4.78 is 17.5. The Morgan fingerprint density at radius 1 is 1.13 bits per heavy atom. The highest BCUT2D eigenvalue weighted by Gasteiger charge is 2.26. The van der Waals surface area contributed by atoms with Gasteiger partial charge in [0.1, 0.15) is 12.4 Å². The number of pyridine rings is 1. The number of hydrogen-bond donors (Lipinski definition) is 0. The van der Waals surface area contributed by atoms with Crippen LogP contribution in [0.3, 0.4) is 0 Å². The zero-order valence-electron chi connectivity index (χ0n) is 18.9. The molecule has 3 rings (SSSR count). The third kappa shape index (κ3) is 5.73. The van der Waals surface area contributed by atoms with Crippen LogP contribution in [0.25, 0.3) is 10.9 Å². The van der Waals surface area contributed by atoms with Crippen molar-refractivity contribution in [1.82, 2.24) is 9.88 Å². The van der Waals surface area contributed by atoms with E-state index in [-0.39, 0.29) is 0 Å². The molecule has 30 heavy (non-hydrogen) atoms. The molecule has 0 radical (unpaired) electrons. The second-order valence-corrected chi connectivity index (χ2v) is 8.32. The molecule has 1 heterocycles. The van der Waals surface area contributed by atoms with E-state index in [1.54, 1.807) is 7.11 Å². The van der Waals surface area contributed by atoms with Crippen molar-refractivity contribution in [3.05, 3.63) is 42.0 Å². The highest BCUT2D eigenvalue weighted by molar-refractivity contribution is 5.87. The van der Waals surface area contributed by atoms with Crippen molar-refractivity contribution in [2.45, 2.75) is 44.6 Å². The molecule has 2 atom stereocenters. The molecule has 5 heteroatoms. The van der Waals surface area contributed by atoms with E-state index < -0.39 is 0 Å². The van der Waals surface area contributed by atoms with Crippen LogP contribution >= 0.6 is 0 Å². The largest absolute Gasteiger partial charge is 0.491 e. The van der Waals surface area contributed by atoms with Gasteiger partial charge in [-0.15, -0.1) is 0 Å². The molecule has 0 N–H and O–H groups in total. The van der Waals surface area contributed by atoms with E-state index in [9.17, 15) is 0 Å². The Kier molecular flexibility index (Phi) is 8.52. The van der Waals surface area contributed by atoms with Gasteiger partial charge in [0, 0.05) is 19.0 Å². The van der Waals surface area contributed by atoms with E-state index in [0.717, 1.165) is 41.6 Å². The lowest BCUT2D eigenvalue weighted by atomic mass is 9.99. The number of rotatable bonds is 11. The number of hydrogen-bond acceptors (Lipinski definition) is 5. The first-order chi connectivity index (χ1) is 14.6. The van der Waals surface area contributed by atoms with Crippen molar-refractivity contribution in [3.63, 3.8) is 0 Å². The summed E-state index contributed by atoms with van der Waals surface area (Å²) in [6.45, 7) is 1.48. The fourth-order valence-electron chi connectivity index (χ4n) is 4.32. The Morgan fingerprint density at radius 3 is 2.73 bits per heavy atom. The first kappa shape index (κ1) is 22.6. The van der Waals surface area contributed by atoms with Gasteiger partial charge in [-0.25, -0.2) is 4.98 Å². The van der Waals surface area contributed by atoms with E-state index in [1.807, 2.05) is 25.3 Å². The number of methoxy groups -OCH3 is 2. The lowest BCUT2D eigenvalue weighted by Gasteiger charge is -2.18. The zero-order chi connectivity index (χ0) is 21.3. The Labute approximate surface area is 181 Å². The average Bonchev–Trinajstić information content (AvgIpc) is 3.21. The topological polar surface area (TPSA) is 43.8 Å². The van der Waals surface area contributed by atoms with Crippen molar-refractivity contribution in [2.75, 3.05) is 41.5 Å². The maximum atomic E-state index is 6.26. The van der Waals surface area contributed by atoms with E-state index in [2.05, 4.69) is 37.2 Å². The average molecular weight is 413 g/mol. The minimum atomic E-state index is 0.444. The number of likely N-dealkylation sites (N-methyl/N-ethyl adjacent to an activating group) is 1. The monoisotopic (exact) mass is 412 g/mol. The molecule has 164 valence electrons. The minimum Gasteiger partial charge on any atom is -0.491 e. The van der Waals surface area contributed by atoms with E-state index in [1.165, 1.54) is 25.7 Å². The lowest BCUT2D eigenvalue weighted by molar-refractivity contribution is 0.0685. The van der Waals surface area contributed by atoms with Crippen molar-refractivity contribution in [2.24, 2.45) is 5.92 Å². The molecule has 5 nitrogen and oxygen atoms in total. The second kappa shape index (κ2) is 11.3. The molecule has 0 aliphatic heterocycles. The third-order valence-electron chi connectivity index (χ3n) is 5.97. The number of benzene rings is 1. The van der Waals surface area contributed by atoms with Gasteiger partial charge >= 0.3 is 0 Å². The fraction of sp³-hybridized carbons (Fsp3) is 0.560. The van der Waals surface area contributed by atoms with Gasteiger partial charge in [0.05, 0.1) is 24.3 Å². The first-order valence-corrected chi connectivity index (χ1v) is 11.0. The summed E-state index contributed by atoms with van der Waals surface area (Å²) in [5.74, 6) is 2.23. The van der Waals surface area contributed by atoms with E-state index in [0.29, 0.717) is 24.5 Å². The summed E-state index contributed by atoms with van der Waals surface area (Å²) in [4.78, 5) is 6.84. The van der Waals surface area contributed by atoms with Crippen LogP contribution < -0.4 is 9.47 Å². The Hall–Kier alpha value is -2.11. The molecule has 1 aliphatic rings.